The van der Waals surface area contributed by atoms with Crippen LogP contribution in [0.15, 0.2) is 24.3 Å². The van der Waals surface area contributed by atoms with E-state index in [1.165, 1.54) is 13.8 Å². The molecule has 1 rings (SSSR count). The van der Waals surface area contributed by atoms with Crippen molar-refractivity contribution in [2.45, 2.75) is 26.1 Å². The molecule has 0 heterocycles. The summed E-state index contributed by atoms with van der Waals surface area (Å²) in [5.74, 6) is 0. The molecule has 0 fully saturated rings. The van der Waals surface area contributed by atoms with Crippen LogP contribution in [0.3, 0.4) is 0 Å². The third-order valence-electron chi connectivity index (χ3n) is 1.82. The standard InChI is InChI=1S/C10H13FO/c1-10(2,11)9-5-3-8(7-12)4-6-9/h3-6,12H,7H2,1-2H3. The quantitative estimate of drug-likeness (QED) is 0.718. The molecule has 0 aliphatic carbocycles. The first-order chi connectivity index (χ1) is 5.54. The first-order valence-electron chi connectivity index (χ1n) is 3.93. The second kappa shape index (κ2) is 3.23. The Kier molecular flexibility index (Phi) is 2.48. The molecule has 0 aromatic heterocycles. The summed E-state index contributed by atoms with van der Waals surface area (Å²) in [6.07, 6.45) is 0. The zero-order chi connectivity index (χ0) is 9.19. The van der Waals surface area contributed by atoms with Gasteiger partial charge in [-0.2, -0.15) is 0 Å². The molecule has 0 unspecified atom stereocenters. The lowest BCUT2D eigenvalue weighted by Crippen LogP contribution is -2.08. The molecule has 1 aromatic carbocycles. The van der Waals surface area contributed by atoms with Gasteiger partial charge >= 0.3 is 0 Å². The molecule has 1 aromatic rings. The van der Waals surface area contributed by atoms with E-state index < -0.39 is 5.67 Å². The van der Waals surface area contributed by atoms with Gasteiger partial charge in [0.1, 0.15) is 5.67 Å². The number of aliphatic hydroxyl groups is 1. The van der Waals surface area contributed by atoms with Gasteiger partial charge in [0, 0.05) is 0 Å². The molecule has 66 valence electrons. The Hall–Kier alpha value is -0.890. The van der Waals surface area contributed by atoms with Crippen LogP contribution in [-0.4, -0.2) is 5.11 Å². The highest BCUT2D eigenvalue weighted by Gasteiger charge is 2.17. The van der Waals surface area contributed by atoms with Gasteiger partial charge in [-0.15, -0.1) is 0 Å². The van der Waals surface area contributed by atoms with E-state index >= 15 is 0 Å². The van der Waals surface area contributed by atoms with Gasteiger partial charge in [-0.1, -0.05) is 24.3 Å². The first kappa shape index (κ1) is 9.20. The summed E-state index contributed by atoms with van der Waals surface area (Å²) >= 11 is 0. The number of hydrogen-bond acceptors (Lipinski definition) is 1. The topological polar surface area (TPSA) is 20.2 Å². The lowest BCUT2D eigenvalue weighted by molar-refractivity contribution is 0.221. The molecule has 0 aliphatic rings. The van der Waals surface area contributed by atoms with Gasteiger partial charge in [0.05, 0.1) is 6.61 Å². The van der Waals surface area contributed by atoms with Gasteiger partial charge < -0.3 is 5.11 Å². The Morgan fingerprint density at radius 2 is 1.75 bits per heavy atom. The third kappa shape index (κ3) is 2.05. The van der Waals surface area contributed by atoms with Crippen molar-refractivity contribution in [2.75, 3.05) is 0 Å². The number of halogens is 1. The fourth-order valence-electron chi connectivity index (χ4n) is 1.01. The summed E-state index contributed by atoms with van der Waals surface area (Å²) in [5.41, 5.74) is 0.149. The van der Waals surface area contributed by atoms with Crippen LogP contribution in [0.4, 0.5) is 4.39 Å². The highest BCUT2D eigenvalue weighted by molar-refractivity contribution is 5.25. The van der Waals surface area contributed by atoms with Crippen molar-refractivity contribution in [3.05, 3.63) is 35.4 Å². The van der Waals surface area contributed by atoms with Gasteiger partial charge in [0.25, 0.3) is 0 Å². The predicted molar refractivity (Wildman–Crippen MR) is 46.5 cm³/mol. The van der Waals surface area contributed by atoms with Crippen LogP contribution in [0.5, 0.6) is 0 Å². The van der Waals surface area contributed by atoms with Crippen molar-refractivity contribution in [3.8, 4) is 0 Å². The second-order valence-corrected chi connectivity index (χ2v) is 3.33. The maximum Gasteiger partial charge on any atom is 0.130 e. The maximum absolute atomic E-state index is 13.3. The minimum Gasteiger partial charge on any atom is -0.392 e. The highest BCUT2D eigenvalue weighted by atomic mass is 19.1. The number of benzene rings is 1. The number of hydrogen-bond donors (Lipinski definition) is 1. The van der Waals surface area contributed by atoms with Crippen molar-refractivity contribution in [3.63, 3.8) is 0 Å². The molecule has 12 heavy (non-hydrogen) atoms. The van der Waals surface area contributed by atoms with E-state index in [1.54, 1.807) is 24.3 Å². The van der Waals surface area contributed by atoms with Crippen LogP contribution in [0.25, 0.3) is 0 Å². The van der Waals surface area contributed by atoms with Crippen molar-refractivity contribution >= 4 is 0 Å². The normalized spacial score (nSPS) is 11.7. The molecule has 0 saturated heterocycles. The maximum atomic E-state index is 13.3. The average Bonchev–Trinajstić information content (AvgIpc) is 2.03. The monoisotopic (exact) mass is 168 g/mol. The summed E-state index contributed by atoms with van der Waals surface area (Å²) in [6.45, 7) is 3.04. The van der Waals surface area contributed by atoms with E-state index in [0.717, 1.165) is 5.56 Å². The summed E-state index contributed by atoms with van der Waals surface area (Å²) in [4.78, 5) is 0. The third-order valence-corrected chi connectivity index (χ3v) is 1.82. The molecule has 0 aliphatic heterocycles. The minimum absolute atomic E-state index is 0.00694. The van der Waals surface area contributed by atoms with Crippen LogP contribution in [0.2, 0.25) is 0 Å². The van der Waals surface area contributed by atoms with Crippen molar-refractivity contribution in [2.24, 2.45) is 0 Å². The lowest BCUT2D eigenvalue weighted by Gasteiger charge is -2.14. The van der Waals surface area contributed by atoms with Crippen LogP contribution in [0, 0.1) is 0 Å². The highest BCUT2D eigenvalue weighted by Crippen LogP contribution is 2.24. The number of aliphatic hydroxyl groups excluding tert-OH is 1. The molecule has 0 bridgehead atoms. The summed E-state index contributed by atoms with van der Waals surface area (Å²) in [6, 6.07) is 6.87. The molecule has 2 heteroatoms. The van der Waals surface area contributed by atoms with Gasteiger partial charge in [0.2, 0.25) is 0 Å². The Labute approximate surface area is 71.9 Å². The zero-order valence-corrected chi connectivity index (χ0v) is 7.34. The Balaban J connectivity index is 2.93. The molecule has 0 amide bonds. The SMILES string of the molecule is CC(C)(F)c1ccc(CO)cc1. The van der Waals surface area contributed by atoms with Gasteiger partial charge in [0.15, 0.2) is 0 Å². The molecule has 0 saturated carbocycles. The largest absolute Gasteiger partial charge is 0.392 e. The number of rotatable bonds is 2. The Morgan fingerprint density at radius 3 is 2.08 bits per heavy atom. The van der Waals surface area contributed by atoms with Crippen LogP contribution < -0.4 is 0 Å². The lowest BCUT2D eigenvalue weighted by atomic mass is 9.99. The minimum atomic E-state index is -1.30. The summed E-state index contributed by atoms with van der Waals surface area (Å²) in [5, 5.41) is 8.74. The van der Waals surface area contributed by atoms with E-state index in [2.05, 4.69) is 0 Å². The van der Waals surface area contributed by atoms with Gasteiger partial charge in [-0.3, -0.25) is 0 Å². The van der Waals surface area contributed by atoms with Gasteiger partial charge in [-0.05, 0) is 25.0 Å². The summed E-state index contributed by atoms with van der Waals surface area (Å²) < 4.78 is 13.3. The molecular formula is C10H13FO. The van der Waals surface area contributed by atoms with E-state index in [4.69, 9.17) is 5.11 Å². The predicted octanol–water partition coefficient (Wildman–Crippen LogP) is 2.38. The van der Waals surface area contributed by atoms with Crippen molar-refractivity contribution < 1.29 is 9.50 Å². The summed E-state index contributed by atoms with van der Waals surface area (Å²) in [7, 11) is 0. The molecule has 1 nitrogen and oxygen atoms in total. The zero-order valence-electron chi connectivity index (χ0n) is 7.34. The van der Waals surface area contributed by atoms with E-state index in [0.29, 0.717) is 5.56 Å². The fraction of sp³-hybridized carbons (Fsp3) is 0.400. The molecule has 0 atom stereocenters. The Morgan fingerprint density at radius 1 is 1.25 bits per heavy atom. The second-order valence-electron chi connectivity index (χ2n) is 3.33. The van der Waals surface area contributed by atoms with Gasteiger partial charge in [-0.25, -0.2) is 4.39 Å². The molecule has 0 spiro atoms. The first-order valence-corrected chi connectivity index (χ1v) is 3.93. The van der Waals surface area contributed by atoms with Crippen LogP contribution in [-0.2, 0) is 12.3 Å². The van der Waals surface area contributed by atoms with Crippen molar-refractivity contribution in [1.29, 1.82) is 0 Å². The van der Waals surface area contributed by atoms with Crippen LogP contribution >= 0.6 is 0 Å². The molecule has 1 N–H and O–H groups in total. The van der Waals surface area contributed by atoms with E-state index in [9.17, 15) is 4.39 Å². The molecule has 0 radical (unpaired) electrons. The van der Waals surface area contributed by atoms with Crippen molar-refractivity contribution in [1.82, 2.24) is 0 Å². The smallest absolute Gasteiger partial charge is 0.130 e. The molecular weight excluding hydrogens is 155 g/mol. The van der Waals surface area contributed by atoms with E-state index in [1.807, 2.05) is 0 Å². The Bertz CT molecular complexity index is 246. The average molecular weight is 168 g/mol. The van der Waals surface area contributed by atoms with E-state index in [-0.39, 0.29) is 6.61 Å². The number of alkyl halides is 1. The van der Waals surface area contributed by atoms with Crippen LogP contribution in [0.1, 0.15) is 25.0 Å². The fourth-order valence-corrected chi connectivity index (χ4v) is 1.01.